The molecule has 1 aromatic heterocycles. The molecule has 0 unspecified atom stereocenters. The Hall–Kier alpha value is -3.54. The number of rotatable bonds is 5. The van der Waals surface area contributed by atoms with Gasteiger partial charge in [-0.3, -0.25) is 9.78 Å². The molecular formula is C20H17N3O3. The first-order valence-electron chi connectivity index (χ1n) is 8.22. The van der Waals surface area contributed by atoms with Crippen molar-refractivity contribution in [2.45, 2.75) is 6.54 Å². The van der Waals surface area contributed by atoms with Gasteiger partial charge in [0.1, 0.15) is 0 Å². The SMILES string of the molecule is O=C(NCc1ccccc1)c1cncc(Nc2ccc3c(c2)OCO3)c1. The Bertz CT molecular complexity index is 929. The predicted octanol–water partition coefficient (Wildman–Crippen LogP) is 3.48. The molecule has 6 heteroatoms. The molecule has 0 radical (unpaired) electrons. The number of benzene rings is 2. The van der Waals surface area contributed by atoms with E-state index in [0.29, 0.717) is 17.9 Å². The van der Waals surface area contributed by atoms with E-state index < -0.39 is 0 Å². The molecule has 3 aromatic rings. The highest BCUT2D eigenvalue weighted by atomic mass is 16.7. The fraction of sp³-hybridized carbons (Fsp3) is 0.100. The van der Waals surface area contributed by atoms with Crippen LogP contribution in [0.2, 0.25) is 0 Å². The highest BCUT2D eigenvalue weighted by molar-refractivity contribution is 5.94. The van der Waals surface area contributed by atoms with E-state index in [0.717, 1.165) is 22.7 Å². The second-order valence-corrected chi connectivity index (χ2v) is 5.82. The normalized spacial score (nSPS) is 11.8. The third-order valence-corrected chi connectivity index (χ3v) is 3.96. The van der Waals surface area contributed by atoms with Crippen molar-refractivity contribution in [3.63, 3.8) is 0 Å². The van der Waals surface area contributed by atoms with Crippen molar-refractivity contribution in [2.75, 3.05) is 12.1 Å². The lowest BCUT2D eigenvalue weighted by Crippen LogP contribution is -2.22. The number of anilines is 2. The number of carbonyl (C=O) groups excluding carboxylic acids is 1. The van der Waals surface area contributed by atoms with Gasteiger partial charge < -0.3 is 20.1 Å². The van der Waals surface area contributed by atoms with Crippen molar-refractivity contribution in [2.24, 2.45) is 0 Å². The number of hydrogen-bond acceptors (Lipinski definition) is 5. The van der Waals surface area contributed by atoms with Crippen molar-refractivity contribution in [1.29, 1.82) is 0 Å². The zero-order chi connectivity index (χ0) is 17.8. The molecule has 0 saturated heterocycles. The van der Waals surface area contributed by atoms with Crippen LogP contribution in [0.5, 0.6) is 11.5 Å². The monoisotopic (exact) mass is 347 g/mol. The molecule has 6 nitrogen and oxygen atoms in total. The number of pyridine rings is 1. The number of aromatic nitrogens is 1. The van der Waals surface area contributed by atoms with Gasteiger partial charge in [0.25, 0.3) is 5.91 Å². The van der Waals surface area contributed by atoms with Crippen molar-refractivity contribution in [3.8, 4) is 11.5 Å². The lowest BCUT2D eigenvalue weighted by atomic mass is 10.2. The van der Waals surface area contributed by atoms with Gasteiger partial charge in [0, 0.05) is 24.5 Å². The third kappa shape index (κ3) is 3.59. The summed E-state index contributed by atoms with van der Waals surface area (Å²) in [5, 5.41) is 6.12. The quantitative estimate of drug-likeness (QED) is 0.739. The average Bonchev–Trinajstić information content (AvgIpc) is 3.15. The molecular weight excluding hydrogens is 330 g/mol. The second-order valence-electron chi connectivity index (χ2n) is 5.82. The zero-order valence-electron chi connectivity index (χ0n) is 13.9. The summed E-state index contributed by atoms with van der Waals surface area (Å²) < 4.78 is 10.7. The van der Waals surface area contributed by atoms with Gasteiger partial charge in [-0.2, -0.15) is 0 Å². The van der Waals surface area contributed by atoms with E-state index in [1.54, 1.807) is 18.5 Å². The van der Waals surface area contributed by atoms with E-state index in [4.69, 9.17) is 9.47 Å². The molecule has 0 atom stereocenters. The van der Waals surface area contributed by atoms with Crippen molar-refractivity contribution in [3.05, 3.63) is 78.1 Å². The Labute approximate surface area is 150 Å². The van der Waals surface area contributed by atoms with E-state index >= 15 is 0 Å². The smallest absolute Gasteiger partial charge is 0.253 e. The van der Waals surface area contributed by atoms with Gasteiger partial charge in [0.05, 0.1) is 17.4 Å². The molecule has 26 heavy (non-hydrogen) atoms. The Morgan fingerprint density at radius 1 is 0.962 bits per heavy atom. The summed E-state index contributed by atoms with van der Waals surface area (Å²) in [5.41, 5.74) is 3.09. The zero-order valence-corrected chi connectivity index (χ0v) is 13.9. The van der Waals surface area contributed by atoms with E-state index in [1.165, 1.54) is 0 Å². The lowest BCUT2D eigenvalue weighted by Gasteiger charge is -2.09. The molecule has 0 fully saturated rings. The molecule has 130 valence electrons. The van der Waals surface area contributed by atoms with Crippen LogP contribution >= 0.6 is 0 Å². The average molecular weight is 347 g/mol. The van der Waals surface area contributed by atoms with Crippen LogP contribution in [-0.4, -0.2) is 17.7 Å². The molecule has 1 amide bonds. The number of amides is 1. The number of carbonyl (C=O) groups is 1. The molecule has 0 saturated carbocycles. The fourth-order valence-corrected chi connectivity index (χ4v) is 2.65. The number of ether oxygens (including phenoxy) is 2. The minimum atomic E-state index is -0.171. The summed E-state index contributed by atoms with van der Waals surface area (Å²) in [4.78, 5) is 16.5. The van der Waals surface area contributed by atoms with Gasteiger partial charge in [-0.25, -0.2) is 0 Å². The van der Waals surface area contributed by atoms with Crippen LogP contribution in [0.4, 0.5) is 11.4 Å². The molecule has 2 N–H and O–H groups in total. The first-order valence-corrected chi connectivity index (χ1v) is 8.22. The van der Waals surface area contributed by atoms with Crippen LogP contribution in [0.3, 0.4) is 0 Å². The highest BCUT2D eigenvalue weighted by Crippen LogP contribution is 2.35. The maximum Gasteiger partial charge on any atom is 0.253 e. The minimum absolute atomic E-state index is 0.171. The van der Waals surface area contributed by atoms with Crippen LogP contribution in [-0.2, 0) is 6.54 Å². The van der Waals surface area contributed by atoms with Crippen LogP contribution in [0.25, 0.3) is 0 Å². The van der Waals surface area contributed by atoms with Gasteiger partial charge in [0.15, 0.2) is 11.5 Å². The van der Waals surface area contributed by atoms with Crippen LogP contribution in [0.15, 0.2) is 67.0 Å². The number of nitrogens with one attached hydrogen (secondary N) is 2. The van der Waals surface area contributed by atoms with E-state index in [2.05, 4.69) is 15.6 Å². The Morgan fingerprint density at radius 2 is 1.81 bits per heavy atom. The van der Waals surface area contributed by atoms with Gasteiger partial charge in [0.2, 0.25) is 6.79 Å². The largest absolute Gasteiger partial charge is 0.454 e. The maximum absolute atomic E-state index is 12.4. The van der Waals surface area contributed by atoms with Crippen LogP contribution in [0, 0.1) is 0 Å². The van der Waals surface area contributed by atoms with Gasteiger partial charge in [-0.15, -0.1) is 0 Å². The summed E-state index contributed by atoms with van der Waals surface area (Å²) in [6, 6.07) is 17.1. The topological polar surface area (TPSA) is 72.5 Å². The number of nitrogens with zero attached hydrogens (tertiary/aromatic N) is 1. The molecule has 2 heterocycles. The minimum Gasteiger partial charge on any atom is -0.454 e. The molecule has 0 spiro atoms. The maximum atomic E-state index is 12.4. The fourth-order valence-electron chi connectivity index (χ4n) is 2.65. The van der Waals surface area contributed by atoms with Gasteiger partial charge in [-0.05, 0) is 23.8 Å². The molecule has 0 bridgehead atoms. The molecule has 4 rings (SSSR count). The number of hydrogen-bond donors (Lipinski definition) is 2. The Kier molecular flexibility index (Phi) is 4.38. The van der Waals surface area contributed by atoms with Crippen molar-refractivity contribution in [1.82, 2.24) is 10.3 Å². The summed E-state index contributed by atoms with van der Waals surface area (Å²) >= 11 is 0. The predicted molar refractivity (Wildman–Crippen MR) is 97.7 cm³/mol. The summed E-state index contributed by atoms with van der Waals surface area (Å²) in [5.74, 6) is 1.25. The van der Waals surface area contributed by atoms with Crippen LogP contribution in [0.1, 0.15) is 15.9 Å². The standard InChI is InChI=1S/C20H17N3O3/c24-20(22-10-14-4-2-1-3-5-14)15-8-17(12-21-11-15)23-16-6-7-18-19(9-16)26-13-25-18/h1-9,11-12,23H,10,13H2,(H,22,24). The van der Waals surface area contributed by atoms with Crippen molar-refractivity contribution >= 4 is 17.3 Å². The molecule has 1 aliphatic rings. The second kappa shape index (κ2) is 7.14. The van der Waals surface area contributed by atoms with Crippen molar-refractivity contribution < 1.29 is 14.3 Å². The van der Waals surface area contributed by atoms with E-state index in [1.807, 2.05) is 48.5 Å². The Balaban J connectivity index is 1.43. The third-order valence-electron chi connectivity index (χ3n) is 3.96. The van der Waals surface area contributed by atoms with Gasteiger partial charge in [-0.1, -0.05) is 30.3 Å². The molecule has 2 aromatic carbocycles. The molecule has 1 aliphatic heterocycles. The van der Waals surface area contributed by atoms with Gasteiger partial charge >= 0.3 is 0 Å². The Morgan fingerprint density at radius 3 is 2.69 bits per heavy atom. The first kappa shape index (κ1) is 16.0. The summed E-state index contributed by atoms with van der Waals surface area (Å²) in [6.45, 7) is 0.705. The number of fused-ring (bicyclic) bond motifs is 1. The highest BCUT2D eigenvalue weighted by Gasteiger charge is 2.13. The summed E-state index contributed by atoms with van der Waals surface area (Å²) in [6.07, 6.45) is 3.21. The van der Waals surface area contributed by atoms with E-state index in [9.17, 15) is 4.79 Å². The molecule has 0 aliphatic carbocycles. The first-order chi connectivity index (χ1) is 12.8. The van der Waals surface area contributed by atoms with Crippen LogP contribution < -0.4 is 20.1 Å². The van der Waals surface area contributed by atoms with E-state index in [-0.39, 0.29) is 12.7 Å². The lowest BCUT2D eigenvalue weighted by molar-refractivity contribution is 0.0950. The summed E-state index contributed by atoms with van der Waals surface area (Å²) in [7, 11) is 0.